The van der Waals surface area contributed by atoms with Gasteiger partial charge in [0.1, 0.15) is 5.82 Å². The van der Waals surface area contributed by atoms with Crippen molar-refractivity contribution >= 4 is 17.5 Å². The highest BCUT2D eigenvalue weighted by atomic mass is 16.2. The summed E-state index contributed by atoms with van der Waals surface area (Å²) in [7, 11) is 0. The molecule has 4 aromatic rings. The van der Waals surface area contributed by atoms with Gasteiger partial charge in [-0.1, -0.05) is 48.5 Å². The zero-order valence-electron chi connectivity index (χ0n) is 19.3. The van der Waals surface area contributed by atoms with Crippen LogP contribution in [0.2, 0.25) is 0 Å². The first-order chi connectivity index (χ1) is 16.4. The molecule has 0 saturated carbocycles. The van der Waals surface area contributed by atoms with Crippen molar-refractivity contribution in [2.24, 2.45) is 5.73 Å². The van der Waals surface area contributed by atoms with Crippen LogP contribution in [0.1, 0.15) is 43.4 Å². The predicted octanol–water partition coefficient (Wildman–Crippen LogP) is 4.52. The lowest BCUT2D eigenvalue weighted by atomic mass is 10.0. The lowest BCUT2D eigenvalue weighted by molar-refractivity contribution is 0.0980. The quantitative estimate of drug-likeness (QED) is 0.496. The molecule has 2 amide bonds. The Labute approximate surface area is 198 Å². The maximum Gasteiger partial charge on any atom is 0.258 e. The molecule has 0 unspecified atom stereocenters. The molecule has 6 heteroatoms. The van der Waals surface area contributed by atoms with E-state index in [-0.39, 0.29) is 5.91 Å². The molecule has 6 nitrogen and oxygen atoms in total. The van der Waals surface area contributed by atoms with Crippen molar-refractivity contribution in [1.29, 1.82) is 0 Å². The summed E-state index contributed by atoms with van der Waals surface area (Å²) in [6, 6.07) is 23.4. The van der Waals surface area contributed by atoms with Crippen molar-refractivity contribution in [2.75, 3.05) is 11.4 Å². The van der Waals surface area contributed by atoms with E-state index in [0.29, 0.717) is 36.2 Å². The van der Waals surface area contributed by atoms with Crippen LogP contribution in [0.25, 0.3) is 11.3 Å². The number of aromatic nitrogens is 2. The van der Waals surface area contributed by atoms with E-state index < -0.39 is 5.91 Å². The van der Waals surface area contributed by atoms with Crippen LogP contribution in [0.4, 0.5) is 5.69 Å². The van der Waals surface area contributed by atoms with Gasteiger partial charge in [-0.25, -0.2) is 4.98 Å². The molecular weight excluding hydrogens is 424 g/mol. The SMILES string of the molecule is Cc1cc(C(=O)N2CCc3nc(C)n(Cc4ccccc4)c3-c3ccccc32)ccc1C(N)=O. The van der Waals surface area contributed by atoms with Gasteiger partial charge in [0.15, 0.2) is 0 Å². The normalized spacial score (nSPS) is 12.6. The number of hydrogen-bond donors (Lipinski definition) is 1. The summed E-state index contributed by atoms with van der Waals surface area (Å²) in [6.45, 7) is 5.06. The summed E-state index contributed by atoms with van der Waals surface area (Å²) in [6.07, 6.45) is 0.650. The van der Waals surface area contributed by atoms with Crippen molar-refractivity contribution in [3.05, 3.63) is 107 Å². The highest BCUT2D eigenvalue weighted by Crippen LogP contribution is 2.38. The van der Waals surface area contributed by atoms with Gasteiger partial charge in [-0.15, -0.1) is 0 Å². The van der Waals surface area contributed by atoms with E-state index in [0.717, 1.165) is 28.5 Å². The van der Waals surface area contributed by atoms with Crippen LogP contribution in [0.5, 0.6) is 0 Å². The Morgan fingerprint density at radius 3 is 2.44 bits per heavy atom. The average molecular weight is 451 g/mol. The second-order valence-corrected chi connectivity index (χ2v) is 8.64. The Hall–Kier alpha value is -4.19. The third kappa shape index (κ3) is 3.77. The maximum atomic E-state index is 13.6. The van der Waals surface area contributed by atoms with Crippen LogP contribution in [-0.2, 0) is 13.0 Å². The van der Waals surface area contributed by atoms with Crippen LogP contribution in [0.3, 0.4) is 0 Å². The number of carbonyl (C=O) groups is 2. The largest absolute Gasteiger partial charge is 0.366 e. The van der Waals surface area contributed by atoms with Crippen molar-refractivity contribution in [2.45, 2.75) is 26.8 Å². The van der Waals surface area contributed by atoms with Gasteiger partial charge in [0.05, 0.1) is 17.1 Å². The molecular formula is C28H26N4O2. The van der Waals surface area contributed by atoms with Gasteiger partial charge < -0.3 is 15.2 Å². The number of aryl methyl sites for hydroxylation is 2. The summed E-state index contributed by atoms with van der Waals surface area (Å²) in [5.41, 5.74) is 12.2. The smallest absolute Gasteiger partial charge is 0.258 e. The molecule has 1 aliphatic rings. The first-order valence-electron chi connectivity index (χ1n) is 11.4. The number of primary amides is 1. The molecule has 0 atom stereocenters. The fraction of sp³-hybridized carbons (Fsp3) is 0.179. The fourth-order valence-electron chi connectivity index (χ4n) is 4.75. The molecule has 0 bridgehead atoms. The van der Waals surface area contributed by atoms with Crippen LogP contribution >= 0.6 is 0 Å². The van der Waals surface area contributed by atoms with E-state index >= 15 is 0 Å². The van der Waals surface area contributed by atoms with Crippen LogP contribution in [0.15, 0.2) is 72.8 Å². The predicted molar refractivity (Wildman–Crippen MR) is 133 cm³/mol. The Bertz CT molecular complexity index is 1410. The molecule has 34 heavy (non-hydrogen) atoms. The monoisotopic (exact) mass is 450 g/mol. The number of rotatable bonds is 4. The lowest BCUT2D eigenvalue weighted by Crippen LogP contribution is -2.32. The van der Waals surface area contributed by atoms with Crippen molar-refractivity contribution < 1.29 is 9.59 Å². The summed E-state index contributed by atoms with van der Waals surface area (Å²) in [5, 5.41) is 0. The number of fused-ring (bicyclic) bond motifs is 3. The third-order valence-electron chi connectivity index (χ3n) is 6.42. The number of amides is 2. The van der Waals surface area contributed by atoms with Gasteiger partial charge >= 0.3 is 0 Å². The van der Waals surface area contributed by atoms with E-state index in [1.807, 2.05) is 48.2 Å². The minimum absolute atomic E-state index is 0.108. The molecule has 1 aromatic heterocycles. The molecule has 2 heterocycles. The second-order valence-electron chi connectivity index (χ2n) is 8.64. The molecule has 2 N–H and O–H groups in total. The van der Waals surface area contributed by atoms with Crippen molar-refractivity contribution in [3.8, 4) is 11.3 Å². The average Bonchev–Trinajstić information content (AvgIpc) is 3.04. The zero-order chi connectivity index (χ0) is 23.8. The summed E-state index contributed by atoms with van der Waals surface area (Å²) in [4.78, 5) is 32.0. The number of nitrogens with two attached hydrogens (primary N) is 1. The van der Waals surface area contributed by atoms with Gasteiger partial charge in [0.2, 0.25) is 5.91 Å². The molecule has 0 radical (unpaired) electrons. The standard InChI is InChI=1S/C28H26N4O2/c1-18-16-21(12-13-22(18)27(29)33)28(34)31-15-14-24-26(23-10-6-7-11-25(23)31)32(19(2)30-24)17-20-8-4-3-5-9-20/h3-13,16H,14-15,17H2,1-2H3,(H2,29,33). The molecule has 5 rings (SSSR count). The summed E-state index contributed by atoms with van der Waals surface area (Å²) in [5.74, 6) is 0.355. The minimum Gasteiger partial charge on any atom is -0.366 e. The molecule has 0 aliphatic carbocycles. The topological polar surface area (TPSA) is 81.2 Å². The summed E-state index contributed by atoms with van der Waals surface area (Å²) >= 11 is 0. The number of carbonyl (C=O) groups excluding carboxylic acids is 2. The molecule has 0 spiro atoms. The van der Waals surface area contributed by atoms with Crippen molar-refractivity contribution in [1.82, 2.24) is 9.55 Å². The van der Waals surface area contributed by atoms with Crippen LogP contribution in [-0.4, -0.2) is 27.9 Å². The van der Waals surface area contributed by atoms with Gasteiger partial charge in [-0.2, -0.15) is 0 Å². The number of imidazole rings is 1. The van der Waals surface area contributed by atoms with Gasteiger partial charge in [0, 0.05) is 36.2 Å². The first-order valence-corrected chi connectivity index (χ1v) is 11.4. The Morgan fingerprint density at radius 2 is 1.71 bits per heavy atom. The molecule has 170 valence electrons. The molecule has 3 aromatic carbocycles. The number of hydrogen-bond acceptors (Lipinski definition) is 3. The van der Waals surface area contributed by atoms with Gasteiger partial charge in [0.25, 0.3) is 5.91 Å². The fourth-order valence-corrected chi connectivity index (χ4v) is 4.75. The minimum atomic E-state index is -0.496. The van der Waals surface area contributed by atoms with E-state index in [9.17, 15) is 9.59 Å². The second kappa shape index (κ2) is 8.63. The van der Waals surface area contributed by atoms with Gasteiger partial charge in [-0.05, 0) is 49.2 Å². The zero-order valence-corrected chi connectivity index (χ0v) is 19.3. The van der Waals surface area contributed by atoms with E-state index in [1.165, 1.54) is 5.56 Å². The number of anilines is 1. The third-order valence-corrected chi connectivity index (χ3v) is 6.42. The van der Waals surface area contributed by atoms with Gasteiger partial charge in [-0.3, -0.25) is 9.59 Å². The first kappa shape index (κ1) is 21.6. The van der Waals surface area contributed by atoms with Crippen LogP contribution < -0.4 is 10.6 Å². The summed E-state index contributed by atoms with van der Waals surface area (Å²) < 4.78 is 2.24. The Morgan fingerprint density at radius 1 is 0.971 bits per heavy atom. The number of nitrogens with zero attached hydrogens (tertiary/aromatic N) is 3. The highest BCUT2D eigenvalue weighted by molar-refractivity contribution is 6.09. The Kier molecular flexibility index (Phi) is 5.49. The molecule has 0 saturated heterocycles. The van der Waals surface area contributed by atoms with E-state index in [1.54, 1.807) is 25.1 Å². The van der Waals surface area contributed by atoms with E-state index in [4.69, 9.17) is 10.7 Å². The Balaban J connectivity index is 1.58. The number of para-hydroxylation sites is 1. The maximum absolute atomic E-state index is 13.6. The molecule has 1 aliphatic heterocycles. The lowest BCUT2D eigenvalue weighted by Gasteiger charge is -2.24. The highest BCUT2D eigenvalue weighted by Gasteiger charge is 2.29. The molecule has 0 fully saturated rings. The van der Waals surface area contributed by atoms with E-state index in [2.05, 4.69) is 22.8 Å². The number of benzene rings is 3. The van der Waals surface area contributed by atoms with Crippen LogP contribution in [0, 0.1) is 13.8 Å². The van der Waals surface area contributed by atoms with Crippen molar-refractivity contribution in [3.63, 3.8) is 0 Å².